The highest BCUT2D eigenvalue weighted by Crippen LogP contribution is 2.44. The number of ether oxygens (including phenoxy) is 1. The van der Waals surface area contributed by atoms with Gasteiger partial charge in [-0.1, -0.05) is 34.6 Å². The fourth-order valence-electron chi connectivity index (χ4n) is 4.23. The quantitative estimate of drug-likeness (QED) is 0.316. The summed E-state index contributed by atoms with van der Waals surface area (Å²) in [4.78, 5) is 31.4. The van der Waals surface area contributed by atoms with Gasteiger partial charge in [-0.15, -0.1) is 23.1 Å². The number of anilines is 1. The zero-order chi connectivity index (χ0) is 25.8. The van der Waals surface area contributed by atoms with Gasteiger partial charge in [-0.3, -0.25) is 4.79 Å². The summed E-state index contributed by atoms with van der Waals surface area (Å²) in [6.45, 7) is 13.0. The van der Waals surface area contributed by atoms with Gasteiger partial charge in [0.2, 0.25) is 5.91 Å². The van der Waals surface area contributed by atoms with Gasteiger partial charge in [-0.25, -0.2) is 9.78 Å². The number of pyridine rings is 1. The van der Waals surface area contributed by atoms with Crippen LogP contribution in [0.25, 0.3) is 0 Å². The van der Waals surface area contributed by atoms with Crippen LogP contribution in [0, 0.1) is 22.7 Å². The number of nitrogens with one attached hydrogen (secondary N) is 1. The maximum atomic E-state index is 12.8. The number of carbonyl (C=O) groups is 2. The first-order valence-electron chi connectivity index (χ1n) is 12.2. The lowest BCUT2D eigenvalue weighted by Crippen LogP contribution is -2.26. The molecule has 1 amide bonds. The molecule has 0 saturated carbocycles. The Balaban J connectivity index is 1.72. The Bertz CT molecular complexity index is 1130. The van der Waals surface area contributed by atoms with Gasteiger partial charge in [0.25, 0.3) is 0 Å². The van der Waals surface area contributed by atoms with E-state index in [-0.39, 0.29) is 29.6 Å². The molecule has 1 aliphatic carbocycles. The average Bonchev–Trinajstić information content (AvgIpc) is 3.15. The van der Waals surface area contributed by atoms with Crippen LogP contribution >= 0.6 is 23.1 Å². The van der Waals surface area contributed by atoms with Crippen LogP contribution in [0.3, 0.4) is 0 Å². The minimum absolute atomic E-state index is 0.160. The number of nitrogens with zero attached hydrogens (tertiary/aromatic N) is 2. The molecule has 0 spiro atoms. The van der Waals surface area contributed by atoms with Gasteiger partial charge >= 0.3 is 5.97 Å². The smallest absolute Gasteiger partial charge is 0.341 e. The molecule has 35 heavy (non-hydrogen) atoms. The Labute approximate surface area is 216 Å². The number of thiophene rings is 1. The van der Waals surface area contributed by atoms with Gasteiger partial charge in [0.05, 0.1) is 17.7 Å². The summed E-state index contributed by atoms with van der Waals surface area (Å²) < 4.78 is 5.34. The molecular weight excluding hydrogens is 478 g/mol. The molecule has 0 bridgehead atoms. The maximum absolute atomic E-state index is 12.8. The second kappa shape index (κ2) is 11.6. The summed E-state index contributed by atoms with van der Waals surface area (Å²) in [5.41, 5.74) is 3.19. The van der Waals surface area contributed by atoms with E-state index in [4.69, 9.17) is 4.74 Å². The first kappa shape index (κ1) is 27.2. The zero-order valence-electron chi connectivity index (χ0n) is 21.5. The van der Waals surface area contributed by atoms with E-state index in [1.807, 2.05) is 6.07 Å². The van der Waals surface area contributed by atoms with E-state index < -0.39 is 0 Å². The van der Waals surface area contributed by atoms with Crippen molar-refractivity contribution in [1.29, 1.82) is 5.26 Å². The van der Waals surface area contributed by atoms with Crippen molar-refractivity contribution < 1.29 is 14.3 Å². The van der Waals surface area contributed by atoms with Crippen molar-refractivity contribution in [3.63, 3.8) is 0 Å². The molecule has 6 nitrogen and oxygen atoms in total. The van der Waals surface area contributed by atoms with Crippen molar-refractivity contribution in [2.24, 2.45) is 11.3 Å². The van der Waals surface area contributed by atoms with Crippen LogP contribution < -0.4 is 5.32 Å². The monoisotopic (exact) mass is 513 g/mol. The largest absolute Gasteiger partial charge is 0.462 e. The average molecular weight is 514 g/mol. The lowest BCUT2D eigenvalue weighted by molar-refractivity contribution is -0.115. The summed E-state index contributed by atoms with van der Waals surface area (Å²) in [6, 6.07) is 5.84. The molecule has 1 N–H and O–H groups in total. The van der Waals surface area contributed by atoms with Crippen molar-refractivity contribution in [2.75, 3.05) is 17.7 Å². The Morgan fingerprint density at radius 1 is 1.34 bits per heavy atom. The summed E-state index contributed by atoms with van der Waals surface area (Å²) in [6.07, 6.45) is 3.00. The van der Waals surface area contributed by atoms with Gasteiger partial charge in [-0.2, -0.15) is 5.26 Å². The highest BCUT2D eigenvalue weighted by molar-refractivity contribution is 7.99. The molecule has 1 unspecified atom stereocenters. The number of fused-ring (bicyclic) bond motifs is 1. The van der Waals surface area contributed by atoms with E-state index in [0.717, 1.165) is 30.5 Å². The molecule has 2 heterocycles. The fraction of sp³-hybridized carbons (Fsp3) is 0.556. The highest BCUT2D eigenvalue weighted by atomic mass is 32.2. The predicted molar refractivity (Wildman–Crippen MR) is 142 cm³/mol. The molecule has 8 heteroatoms. The van der Waals surface area contributed by atoms with E-state index >= 15 is 0 Å². The van der Waals surface area contributed by atoms with Crippen LogP contribution in [0.2, 0.25) is 0 Å². The van der Waals surface area contributed by atoms with E-state index in [1.165, 1.54) is 28.0 Å². The topological polar surface area (TPSA) is 92.1 Å². The summed E-state index contributed by atoms with van der Waals surface area (Å²) in [5.74, 6) is 0.757. The standard InChI is InChI=1S/C27H35N3O3S2/c1-7-33-26(32)23-19-10-9-18(27(4,5)6)14-21(19)35-25(23)30-22(31)12-13-34-24-17(15-28)8-11-20(29-24)16(2)3/h8,11,16,18H,7,9-10,12-14H2,1-6H3,(H,30,31). The Hall–Kier alpha value is -2.37. The third-order valence-corrected chi connectivity index (χ3v) is 8.55. The molecule has 3 rings (SSSR count). The minimum atomic E-state index is -0.364. The van der Waals surface area contributed by atoms with E-state index in [2.05, 4.69) is 51.0 Å². The number of carbonyl (C=O) groups excluding carboxylic acids is 2. The van der Waals surface area contributed by atoms with Crippen molar-refractivity contribution in [3.8, 4) is 6.07 Å². The molecule has 0 saturated heterocycles. The van der Waals surface area contributed by atoms with Gasteiger partial charge in [0, 0.05) is 22.7 Å². The Morgan fingerprint density at radius 2 is 2.09 bits per heavy atom. The van der Waals surface area contributed by atoms with E-state index in [9.17, 15) is 14.9 Å². The van der Waals surface area contributed by atoms with Crippen molar-refractivity contribution in [3.05, 3.63) is 39.4 Å². The van der Waals surface area contributed by atoms with Crippen LogP contribution in [0.5, 0.6) is 0 Å². The summed E-state index contributed by atoms with van der Waals surface area (Å²) >= 11 is 2.92. The molecule has 1 atom stereocenters. The van der Waals surface area contributed by atoms with Gasteiger partial charge in [-0.05, 0) is 61.1 Å². The molecule has 2 aromatic rings. The number of nitriles is 1. The van der Waals surface area contributed by atoms with Crippen LogP contribution in [0.1, 0.15) is 92.4 Å². The first-order valence-corrected chi connectivity index (χ1v) is 14.0. The molecular formula is C27H35N3O3S2. The van der Waals surface area contributed by atoms with Gasteiger partial charge < -0.3 is 10.1 Å². The normalized spacial score (nSPS) is 15.4. The SMILES string of the molecule is CCOC(=O)c1c(NC(=O)CCSc2nc(C(C)C)ccc2C#N)sc2c1CCC(C(C)(C)C)C2. The lowest BCUT2D eigenvalue weighted by Gasteiger charge is -2.33. The third-order valence-electron chi connectivity index (χ3n) is 6.38. The molecule has 0 radical (unpaired) electrons. The van der Waals surface area contributed by atoms with Gasteiger partial charge in [0.15, 0.2) is 0 Å². The molecule has 188 valence electrons. The third kappa shape index (κ3) is 6.65. The first-order chi connectivity index (χ1) is 16.5. The number of thioether (sulfide) groups is 1. The number of rotatable bonds is 8. The predicted octanol–water partition coefficient (Wildman–Crippen LogP) is 6.59. The second-order valence-corrected chi connectivity index (χ2v) is 12.4. The lowest BCUT2D eigenvalue weighted by atomic mass is 9.72. The number of aromatic nitrogens is 1. The number of amides is 1. The molecule has 2 aromatic heterocycles. The summed E-state index contributed by atoms with van der Waals surface area (Å²) in [5, 5.41) is 13.6. The number of hydrogen-bond donors (Lipinski definition) is 1. The van der Waals surface area contributed by atoms with Crippen LogP contribution in [0.4, 0.5) is 5.00 Å². The Morgan fingerprint density at radius 3 is 2.71 bits per heavy atom. The van der Waals surface area contributed by atoms with Crippen LogP contribution in [-0.4, -0.2) is 29.2 Å². The second-order valence-electron chi connectivity index (χ2n) is 10.2. The van der Waals surface area contributed by atoms with Crippen molar-refractivity contribution in [2.45, 2.75) is 78.2 Å². The van der Waals surface area contributed by atoms with Crippen molar-refractivity contribution in [1.82, 2.24) is 4.98 Å². The fourth-order valence-corrected chi connectivity index (χ4v) is 6.48. The van der Waals surface area contributed by atoms with E-state index in [0.29, 0.717) is 39.4 Å². The Kier molecular flexibility index (Phi) is 9.00. The summed E-state index contributed by atoms with van der Waals surface area (Å²) in [7, 11) is 0. The van der Waals surface area contributed by atoms with E-state index in [1.54, 1.807) is 13.0 Å². The molecule has 0 fully saturated rings. The number of esters is 1. The highest BCUT2D eigenvalue weighted by Gasteiger charge is 2.34. The van der Waals surface area contributed by atoms with Crippen LogP contribution in [-0.2, 0) is 22.4 Å². The zero-order valence-corrected chi connectivity index (χ0v) is 23.1. The van der Waals surface area contributed by atoms with Gasteiger partial charge in [0.1, 0.15) is 16.1 Å². The minimum Gasteiger partial charge on any atom is -0.462 e. The molecule has 0 aromatic carbocycles. The maximum Gasteiger partial charge on any atom is 0.341 e. The van der Waals surface area contributed by atoms with Crippen molar-refractivity contribution >= 4 is 40.0 Å². The molecule has 0 aliphatic heterocycles. The molecule has 1 aliphatic rings. The number of hydrogen-bond acceptors (Lipinski definition) is 7. The van der Waals surface area contributed by atoms with Crippen LogP contribution in [0.15, 0.2) is 17.2 Å².